The van der Waals surface area contributed by atoms with Crippen molar-refractivity contribution < 1.29 is 4.74 Å². The molecule has 0 aliphatic rings. The molecule has 160 valence electrons. The number of pyridine rings is 1. The molecule has 0 amide bonds. The molecule has 1 atom stereocenters. The van der Waals surface area contributed by atoms with Gasteiger partial charge in [-0.25, -0.2) is 9.97 Å². The lowest BCUT2D eigenvalue weighted by atomic mass is 9.91. The van der Waals surface area contributed by atoms with Gasteiger partial charge in [0.25, 0.3) is 0 Å². The van der Waals surface area contributed by atoms with Gasteiger partial charge in [0, 0.05) is 51.9 Å². The van der Waals surface area contributed by atoms with E-state index in [-0.39, 0.29) is 5.92 Å². The molecular weight excluding hydrogens is 433 g/mol. The SMILES string of the molecule is CCOc1c(C(C)c2nc(Cl)c3c(N)nccn23)cc(Cl)c(C)c1-c1ccc(C)nc1. The molecule has 6 nitrogen and oxygen atoms in total. The van der Waals surface area contributed by atoms with Crippen LogP contribution in [0, 0.1) is 13.8 Å². The van der Waals surface area contributed by atoms with Crippen molar-refractivity contribution in [3.8, 4) is 16.9 Å². The summed E-state index contributed by atoms with van der Waals surface area (Å²) < 4.78 is 8.05. The van der Waals surface area contributed by atoms with Gasteiger partial charge >= 0.3 is 0 Å². The van der Waals surface area contributed by atoms with Crippen molar-refractivity contribution in [2.24, 2.45) is 0 Å². The standard InChI is InChI=1S/C23H23Cl2N5O/c1-5-31-20-16(10-17(24)14(4)18(20)15-7-6-12(2)28-11-15)13(3)23-29-21(25)19-22(26)27-8-9-30(19)23/h6-11,13H,5H2,1-4H3,(H2,26,27). The van der Waals surface area contributed by atoms with E-state index in [1.807, 2.05) is 56.5 Å². The summed E-state index contributed by atoms with van der Waals surface area (Å²) >= 11 is 13.1. The Morgan fingerprint density at radius 1 is 1.19 bits per heavy atom. The van der Waals surface area contributed by atoms with Crippen molar-refractivity contribution in [3.05, 3.63) is 69.6 Å². The highest BCUT2D eigenvalue weighted by molar-refractivity contribution is 6.33. The largest absolute Gasteiger partial charge is 0.493 e. The number of rotatable bonds is 5. The molecule has 0 aliphatic heterocycles. The third-order valence-corrected chi connectivity index (χ3v) is 6.07. The fourth-order valence-corrected chi connectivity index (χ4v) is 4.30. The molecule has 0 radical (unpaired) electrons. The molecule has 0 spiro atoms. The molecule has 8 heteroatoms. The van der Waals surface area contributed by atoms with Crippen LogP contribution in [0.3, 0.4) is 0 Å². The monoisotopic (exact) mass is 455 g/mol. The molecule has 0 aliphatic carbocycles. The predicted molar refractivity (Wildman–Crippen MR) is 125 cm³/mol. The predicted octanol–water partition coefficient (Wildman–Crippen LogP) is 5.85. The first-order valence-corrected chi connectivity index (χ1v) is 10.8. The van der Waals surface area contributed by atoms with Gasteiger partial charge in [-0.05, 0) is 38.5 Å². The number of benzene rings is 1. The lowest BCUT2D eigenvalue weighted by Gasteiger charge is -2.22. The van der Waals surface area contributed by atoms with E-state index in [0.29, 0.717) is 28.1 Å². The van der Waals surface area contributed by atoms with Crippen LogP contribution in [0.5, 0.6) is 5.75 Å². The second-order valence-corrected chi connectivity index (χ2v) is 8.18. The number of nitrogens with two attached hydrogens (primary N) is 1. The molecule has 0 bridgehead atoms. The summed E-state index contributed by atoms with van der Waals surface area (Å²) in [5.41, 5.74) is 11.3. The quantitative estimate of drug-likeness (QED) is 0.408. The van der Waals surface area contributed by atoms with E-state index in [2.05, 4.69) is 15.0 Å². The van der Waals surface area contributed by atoms with Gasteiger partial charge in [0.2, 0.25) is 0 Å². The van der Waals surface area contributed by atoms with Crippen LogP contribution in [0.25, 0.3) is 16.6 Å². The van der Waals surface area contributed by atoms with E-state index in [1.165, 1.54) is 0 Å². The highest BCUT2D eigenvalue weighted by Gasteiger charge is 2.26. The molecule has 1 aromatic carbocycles. The first-order valence-electron chi connectivity index (χ1n) is 10.00. The van der Waals surface area contributed by atoms with E-state index >= 15 is 0 Å². The average Bonchev–Trinajstić information content (AvgIpc) is 3.09. The van der Waals surface area contributed by atoms with E-state index in [4.69, 9.17) is 33.7 Å². The number of hydrogen-bond acceptors (Lipinski definition) is 5. The van der Waals surface area contributed by atoms with Gasteiger partial charge in [-0.1, -0.05) is 36.2 Å². The Kier molecular flexibility index (Phi) is 5.77. The van der Waals surface area contributed by atoms with Crippen LogP contribution >= 0.6 is 23.2 Å². The van der Waals surface area contributed by atoms with Crippen LogP contribution in [-0.2, 0) is 0 Å². The zero-order chi connectivity index (χ0) is 22.3. The Hall–Kier alpha value is -2.83. The second kappa shape index (κ2) is 8.36. The smallest absolute Gasteiger partial charge is 0.158 e. The Morgan fingerprint density at radius 2 is 1.97 bits per heavy atom. The van der Waals surface area contributed by atoms with Gasteiger partial charge in [-0.2, -0.15) is 0 Å². The van der Waals surface area contributed by atoms with Crippen LogP contribution in [0.1, 0.15) is 42.4 Å². The normalized spacial score (nSPS) is 12.3. The van der Waals surface area contributed by atoms with E-state index in [0.717, 1.165) is 39.5 Å². The molecule has 2 N–H and O–H groups in total. The zero-order valence-corrected chi connectivity index (χ0v) is 19.3. The van der Waals surface area contributed by atoms with Crippen molar-refractivity contribution >= 4 is 34.5 Å². The Morgan fingerprint density at radius 3 is 2.65 bits per heavy atom. The number of aryl methyl sites for hydroxylation is 1. The summed E-state index contributed by atoms with van der Waals surface area (Å²) in [6.07, 6.45) is 5.28. The Bertz CT molecular complexity index is 1270. The second-order valence-electron chi connectivity index (χ2n) is 7.41. The number of hydrogen-bond donors (Lipinski definition) is 1. The van der Waals surface area contributed by atoms with Crippen LogP contribution in [0.2, 0.25) is 10.2 Å². The molecule has 0 saturated heterocycles. The van der Waals surface area contributed by atoms with Gasteiger partial charge in [-0.3, -0.25) is 9.38 Å². The summed E-state index contributed by atoms with van der Waals surface area (Å²) in [6, 6.07) is 5.95. The molecule has 31 heavy (non-hydrogen) atoms. The van der Waals surface area contributed by atoms with Gasteiger partial charge in [0.15, 0.2) is 11.0 Å². The molecule has 3 heterocycles. The number of nitrogen functional groups attached to an aromatic ring is 1. The zero-order valence-electron chi connectivity index (χ0n) is 17.8. The Balaban J connectivity index is 1.97. The van der Waals surface area contributed by atoms with Crippen LogP contribution in [-0.4, -0.2) is 26.0 Å². The van der Waals surface area contributed by atoms with Crippen molar-refractivity contribution in [1.29, 1.82) is 0 Å². The molecule has 4 rings (SSSR count). The Labute approximate surface area is 191 Å². The highest BCUT2D eigenvalue weighted by atomic mass is 35.5. The maximum absolute atomic E-state index is 6.69. The summed E-state index contributed by atoms with van der Waals surface area (Å²) in [6.45, 7) is 8.46. The first kappa shape index (κ1) is 21.4. The lowest BCUT2D eigenvalue weighted by molar-refractivity contribution is 0.336. The van der Waals surface area contributed by atoms with E-state index < -0.39 is 0 Å². The third-order valence-electron chi connectivity index (χ3n) is 5.42. The van der Waals surface area contributed by atoms with Crippen molar-refractivity contribution in [2.75, 3.05) is 12.3 Å². The van der Waals surface area contributed by atoms with E-state index in [9.17, 15) is 0 Å². The minimum atomic E-state index is -0.182. The summed E-state index contributed by atoms with van der Waals surface area (Å²) in [5, 5.41) is 0.959. The maximum Gasteiger partial charge on any atom is 0.158 e. The molecule has 1 unspecified atom stereocenters. The molecule has 0 saturated carbocycles. The van der Waals surface area contributed by atoms with Crippen molar-refractivity contribution in [2.45, 2.75) is 33.6 Å². The number of anilines is 1. The summed E-state index contributed by atoms with van der Waals surface area (Å²) in [4.78, 5) is 13.2. The van der Waals surface area contributed by atoms with E-state index in [1.54, 1.807) is 12.4 Å². The minimum absolute atomic E-state index is 0.182. The number of imidazole rings is 1. The average molecular weight is 456 g/mol. The molecular formula is C23H23Cl2N5O. The highest BCUT2D eigenvalue weighted by Crippen LogP contribution is 2.44. The summed E-state index contributed by atoms with van der Waals surface area (Å²) in [5.74, 6) is 1.64. The number of ether oxygens (including phenoxy) is 1. The number of aromatic nitrogens is 4. The first-order chi connectivity index (χ1) is 14.8. The number of halogens is 2. The lowest BCUT2D eigenvalue weighted by Crippen LogP contribution is -2.08. The van der Waals surface area contributed by atoms with Crippen molar-refractivity contribution in [1.82, 2.24) is 19.4 Å². The molecule has 3 aromatic heterocycles. The fourth-order valence-electron chi connectivity index (χ4n) is 3.82. The topological polar surface area (TPSA) is 78.3 Å². The van der Waals surface area contributed by atoms with Gasteiger partial charge in [0.1, 0.15) is 17.1 Å². The maximum atomic E-state index is 6.69. The van der Waals surface area contributed by atoms with Gasteiger partial charge in [0.05, 0.1) is 6.61 Å². The van der Waals surface area contributed by atoms with Crippen molar-refractivity contribution in [3.63, 3.8) is 0 Å². The number of fused-ring (bicyclic) bond motifs is 1. The third kappa shape index (κ3) is 3.70. The van der Waals surface area contributed by atoms with Crippen LogP contribution in [0.15, 0.2) is 36.8 Å². The van der Waals surface area contributed by atoms with Gasteiger partial charge < -0.3 is 10.5 Å². The molecule has 4 aromatic rings. The number of nitrogens with zero attached hydrogens (tertiary/aromatic N) is 4. The minimum Gasteiger partial charge on any atom is -0.493 e. The summed E-state index contributed by atoms with van der Waals surface area (Å²) in [7, 11) is 0. The van der Waals surface area contributed by atoms with Gasteiger partial charge in [-0.15, -0.1) is 0 Å². The van der Waals surface area contributed by atoms with Crippen LogP contribution < -0.4 is 10.5 Å². The fraction of sp³-hybridized carbons (Fsp3) is 0.261. The van der Waals surface area contributed by atoms with Crippen LogP contribution in [0.4, 0.5) is 5.82 Å². The molecule has 0 fully saturated rings.